The largest absolute Gasteiger partial charge is 0.416 e. The van der Waals surface area contributed by atoms with Crippen LogP contribution in [0.15, 0.2) is 51.8 Å². The molecular formula is C22H21F3N4O4S. The highest BCUT2D eigenvalue weighted by atomic mass is 32.2. The van der Waals surface area contributed by atoms with E-state index in [4.69, 9.17) is 0 Å². The maximum atomic E-state index is 13.2. The zero-order chi connectivity index (χ0) is 24.7. The molecule has 2 aromatic rings. The lowest BCUT2D eigenvalue weighted by Crippen LogP contribution is -2.43. The van der Waals surface area contributed by atoms with Crippen molar-refractivity contribution in [2.45, 2.75) is 30.8 Å². The number of likely N-dealkylation sites (tertiary alicyclic amines) is 1. The van der Waals surface area contributed by atoms with Crippen LogP contribution < -0.4 is 10.6 Å². The number of anilines is 2. The van der Waals surface area contributed by atoms with Crippen molar-refractivity contribution in [3.63, 3.8) is 0 Å². The average molecular weight is 494 g/mol. The molecule has 2 aliphatic heterocycles. The fourth-order valence-electron chi connectivity index (χ4n) is 4.06. The van der Waals surface area contributed by atoms with Crippen LogP contribution in [0.3, 0.4) is 0 Å². The fraction of sp³-hybridized carbons (Fsp3) is 0.318. The Morgan fingerprint density at radius 3 is 2.53 bits per heavy atom. The zero-order valence-electron chi connectivity index (χ0n) is 18.0. The van der Waals surface area contributed by atoms with Gasteiger partial charge in [-0.2, -0.15) is 21.6 Å². The fourth-order valence-corrected chi connectivity index (χ4v) is 5.29. The van der Waals surface area contributed by atoms with Crippen LogP contribution in [0.2, 0.25) is 0 Å². The third kappa shape index (κ3) is 4.76. The summed E-state index contributed by atoms with van der Waals surface area (Å²) in [6, 6.07) is 9.08. The van der Waals surface area contributed by atoms with E-state index in [1.54, 1.807) is 23.1 Å². The van der Waals surface area contributed by atoms with E-state index < -0.39 is 39.5 Å². The van der Waals surface area contributed by atoms with E-state index in [2.05, 4.69) is 15.0 Å². The van der Waals surface area contributed by atoms with E-state index >= 15 is 0 Å². The van der Waals surface area contributed by atoms with Crippen molar-refractivity contribution in [1.82, 2.24) is 4.90 Å². The molecule has 2 aromatic carbocycles. The summed E-state index contributed by atoms with van der Waals surface area (Å²) in [6.07, 6.45) is -3.62. The molecule has 0 spiro atoms. The molecular weight excluding hydrogens is 473 g/mol. The van der Waals surface area contributed by atoms with Gasteiger partial charge in [0.05, 0.1) is 22.9 Å². The van der Waals surface area contributed by atoms with Gasteiger partial charge >= 0.3 is 6.18 Å². The monoisotopic (exact) mass is 494 g/mol. The molecule has 0 aromatic heterocycles. The summed E-state index contributed by atoms with van der Waals surface area (Å²) in [6.45, 7) is 1.83. The standard InChI is InChI=1S/C22H21F3N4O4S/c1-13(30)26-17-9-8-15(22(23,24)25)11-18(17)27-21(31)14-5-4-10-29(12-14)20-16-6-2-3-7-19(16)34(32,33)28-20/h2-3,6-9,11,14H,4-5,10,12H2,1H3,(H,26,30)(H,27,31). The molecule has 1 atom stereocenters. The highest BCUT2D eigenvalue weighted by Crippen LogP contribution is 2.35. The minimum Gasteiger partial charge on any atom is -0.355 e. The normalized spacial score (nSPS) is 19.2. The van der Waals surface area contributed by atoms with Gasteiger partial charge in [-0.05, 0) is 43.2 Å². The van der Waals surface area contributed by atoms with Crippen LogP contribution in [0.1, 0.15) is 30.9 Å². The molecule has 2 heterocycles. The number of nitrogens with zero attached hydrogens (tertiary/aromatic N) is 2. The SMILES string of the molecule is CC(=O)Nc1ccc(C(F)(F)F)cc1NC(=O)C1CCCN(C2=NS(=O)(=O)c3ccccc32)C1. The number of nitrogens with one attached hydrogen (secondary N) is 2. The minimum absolute atomic E-state index is 0.0432. The predicted octanol–water partition coefficient (Wildman–Crippen LogP) is 3.46. The minimum atomic E-state index is -4.63. The number of halogens is 3. The molecule has 8 nitrogen and oxygen atoms in total. The molecule has 2 aliphatic rings. The first kappa shape index (κ1) is 23.7. The number of amides is 2. The van der Waals surface area contributed by atoms with E-state index in [0.717, 1.165) is 18.2 Å². The summed E-state index contributed by atoms with van der Waals surface area (Å²) >= 11 is 0. The lowest BCUT2D eigenvalue weighted by atomic mass is 9.96. The number of piperidine rings is 1. The van der Waals surface area contributed by atoms with E-state index in [-0.39, 0.29) is 28.7 Å². The number of carbonyl (C=O) groups is 2. The summed E-state index contributed by atoms with van der Waals surface area (Å²) in [7, 11) is -3.83. The first-order valence-electron chi connectivity index (χ1n) is 10.4. The Morgan fingerprint density at radius 2 is 1.82 bits per heavy atom. The van der Waals surface area contributed by atoms with Crippen molar-refractivity contribution in [3.8, 4) is 0 Å². The maximum absolute atomic E-state index is 13.2. The van der Waals surface area contributed by atoms with Gasteiger partial charge in [-0.1, -0.05) is 12.1 Å². The van der Waals surface area contributed by atoms with Gasteiger partial charge < -0.3 is 15.5 Å². The van der Waals surface area contributed by atoms with Crippen molar-refractivity contribution < 1.29 is 31.2 Å². The van der Waals surface area contributed by atoms with Crippen LogP contribution in [0.5, 0.6) is 0 Å². The Morgan fingerprint density at radius 1 is 1.09 bits per heavy atom. The second kappa shape index (κ2) is 8.75. The third-order valence-corrected chi connectivity index (χ3v) is 6.94. The Kier molecular flexibility index (Phi) is 6.11. The van der Waals surface area contributed by atoms with Crippen molar-refractivity contribution in [2.75, 3.05) is 23.7 Å². The topological polar surface area (TPSA) is 108 Å². The smallest absolute Gasteiger partial charge is 0.355 e. The molecule has 4 rings (SSSR count). The molecule has 1 fully saturated rings. The van der Waals surface area contributed by atoms with Crippen LogP contribution in [0, 0.1) is 5.92 Å². The van der Waals surface area contributed by atoms with Crippen molar-refractivity contribution in [3.05, 3.63) is 53.6 Å². The first-order chi connectivity index (χ1) is 16.0. The number of sulfonamides is 1. The van der Waals surface area contributed by atoms with Gasteiger partial charge in [-0.15, -0.1) is 4.40 Å². The number of benzene rings is 2. The van der Waals surface area contributed by atoms with E-state index in [0.29, 0.717) is 24.9 Å². The number of carbonyl (C=O) groups excluding carboxylic acids is 2. The number of rotatable bonds is 3. The second-order valence-electron chi connectivity index (χ2n) is 8.10. The molecule has 0 aliphatic carbocycles. The van der Waals surface area contributed by atoms with Crippen molar-refractivity contribution in [2.24, 2.45) is 10.3 Å². The van der Waals surface area contributed by atoms with Crippen molar-refractivity contribution >= 4 is 39.0 Å². The second-order valence-corrected chi connectivity index (χ2v) is 9.67. The Labute approximate surface area is 193 Å². The van der Waals surface area contributed by atoms with Gasteiger partial charge in [-0.3, -0.25) is 9.59 Å². The number of alkyl halides is 3. The summed E-state index contributed by atoms with van der Waals surface area (Å²) in [5.74, 6) is -1.42. The quantitative estimate of drug-likeness (QED) is 0.680. The van der Waals surface area contributed by atoms with Crippen LogP contribution >= 0.6 is 0 Å². The molecule has 0 bridgehead atoms. The molecule has 12 heteroatoms. The van der Waals surface area contributed by atoms with Gasteiger partial charge in [0.15, 0.2) is 5.84 Å². The van der Waals surface area contributed by atoms with Gasteiger partial charge in [0.25, 0.3) is 10.0 Å². The van der Waals surface area contributed by atoms with Crippen molar-refractivity contribution in [1.29, 1.82) is 0 Å². The molecule has 2 amide bonds. The summed E-state index contributed by atoms with van der Waals surface area (Å²) < 4.78 is 68.2. The van der Waals surface area contributed by atoms with Crippen LogP contribution in [-0.2, 0) is 25.8 Å². The summed E-state index contributed by atoms with van der Waals surface area (Å²) in [5, 5.41) is 4.92. The first-order valence-corrected chi connectivity index (χ1v) is 11.9. The van der Waals surface area contributed by atoms with E-state index in [9.17, 15) is 31.2 Å². The molecule has 0 saturated carbocycles. The summed E-state index contributed by atoms with van der Waals surface area (Å²) in [4.78, 5) is 26.3. The number of hydrogen-bond acceptors (Lipinski definition) is 5. The van der Waals surface area contributed by atoms with Gasteiger partial charge in [0, 0.05) is 25.6 Å². The third-order valence-electron chi connectivity index (χ3n) is 5.62. The lowest BCUT2D eigenvalue weighted by molar-refractivity contribution is -0.137. The van der Waals surface area contributed by atoms with Gasteiger partial charge in [-0.25, -0.2) is 0 Å². The van der Waals surface area contributed by atoms with E-state index in [1.165, 1.54) is 13.0 Å². The predicted molar refractivity (Wildman–Crippen MR) is 119 cm³/mol. The lowest BCUT2D eigenvalue weighted by Gasteiger charge is -2.33. The Balaban J connectivity index is 1.56. The van der Waals surface area contributed by atoms with Crippen LogP contribution in [0.25, 0.3) is 0 Å². The van der Waals surface area contributed by atoms with Gasteiger partial charge in [0.1, 0.15) is 4.90 Å². The zero-order valence-corrected chi connectivity index (χ0v) is 18.8. The number of fused-ring (bicyclic) bond motifs is 1. The number of hydrogen-bond donors (Lipinski definition) is 2. The maximum Gasteiger partial charge on any atom is 0.416 e. The van der Waals surface area contributed by atoms with Gasteiger partial charge in [0.2, 0.25) is 11.8 Å². The molecule has 2 N–H and O–H groups in total. The molecule has 1 unspecified atom stereocenters. The highest BCUT2D eigenvalue weighted by molar-refractivity contribution is 7.90. The summed E-state index contributed by atoms with van der Waals surface area (Å²) in [5.41, 5.74) is -0.640. The molecule has 180 valence electrons. The number of amidine groups is 1. The molecule has 0 radical (unpaired) electrons. The van der Waals surface area contributed by atoms with Crippen LogP contribution in [-0.4, -0.2) is 44.1 Å². The van der Waals surface area contributed by atoms with Crippen LogP contribution in [0.4, 0.5) is 24.5 Å². The molecule has 34 heavy (non-hydrogen) atoms. The highest BCUT2D eigenvalue weighted by Gasteiger charge is 2.36. The van der Waals surface area contributed by atoms with E-state index in [1.807, 2.05) is 0 Å². The molecule has 1 saturated heterocycles. The average Bonchev–Trinajstić information content (AvgIpc) is 3.05. The Hall–Kier alpha value is -3.41. The Bertz CT molecular complexity index is 1290.